The average molecular weight is 343 g/mol. The van der Waals surface area contributed by atoms with Crippen LogP contribution in [0.2, 0.25) is 0 Å². The fourth-order valence-corrected chi connectivity index (χ4v) is 1.99. The molecule has 1 aromatic heterocycles. The van der Waals surface area contributed by atoms with E-state index < -0.39 is 36.6 Å². The Bertz CT molecular complexity index is 613. The van der Waals surface area contributed by atoms with E-state index in [9.17, 15) is 13.2 Å². The normalized spacial score (nSPS) is 20.3. The molecule has 1 fully saturated rings. The summed E-state index contributed by atoms with van der Waals surface area (Å²) >= 11 is 0. The summed E-state index contributed by atoms with van der Waals surface area (Å²) in [5, 5.41) is 0. The summed E-state index contributed by atoms with van der Waals surface area (Å²) < 4.78 is 56.2. The van der Waals surface area contributed by atoms with Crippen LogP contribution in [-0.4, -0.2) is 35.8 Å². The molecule has 0 radical (unpaired) electrons. The Hall–Kier alpha value is -1.54. The molecule has 2 rings (SSSR count). The zero-order chi connectivity index (χ0) is 18.2. The van der Waals surface area contributed by atoms with Gasteiger partial charge in [0.05, 0.1) is 17.4 Å². The van der Waals surface area contributed by atoms with Gasteiger partial charge in [0.25, 0.3) is 5.92 Å². The summed E-state index contributed by atoms with van der Waals surface area (Å²) in [6.45, 7) is 7.26. The van der Waals surface area contributed by atoms with Crippen molar-refractivity contribution in [2.24, 2.45) is 0 Å². The largest absolute Gasteiger partial charge is 0.525 e. The molecule has 8 heteroatoms. The Morgan fingerprint density at radius 2 is 1.83 bits per heavy atom. The van der Waals surface area contributed by atoms with Crippen molar-refractivity contribution < 1.29 is 27.2 Å². The smallest absolute Gasteiger partial charge is 0.486 e. The Morgan fingerprint density at radius 3 is 2.38 bits per heavy atom. The van der Waals surface area contributed by atoms with Gasteiger partial charge in [-0.25, -0.2) is 13.2 Å². The van der Waals surface area contributed by atoms with Crippen LogP contribution < -0.4 is 4.74 Å². The van der Waals surface area contributed by atoms with Gasteiger partial charge in [0.15, 0.2) is 6.61 Å². The maximum absolute atomic E-state index is 14.4. The van der Waals surface area contributed by atoms with E-state index in [2.05, 4.69) is 4.98 Å². The highest BCUT2D eigenvalue weighted by Gasteiger charge is 2.53. The molecule has 0 aliphatic carbocycles. The third-order valence-corrected chi connectivity index (χ3v) is 4.01. The van der Waals surface area contributed by atoms with E-state index >= 15 is 0 Å². The molecule has 0 N–H and O–H groups in total. The topological polar surface area (TPSA) is 40.6 Å². The predicted octanol–water partition coefficient (Wildman–Crippen LogP) is 4.06. The van der Waals surface area contributed by atoms with Gasteiger partial charge >= 0.3 is 7.12 Å². The lowest BCUT2D eigenvalue weighted by atomic mass is 9.87. The second-order valence-electron chi connectivity index (χ2n) is 6.93. The van der Waals surface area contributed by atoms with Crippen LogP contribution in [0, 0.1) is 0 Å². The van der Waals surface area contributed by atoms with Gasteiger partial charge in [0.2, 0.25) is 0 Å². The van der Waals surface area contributed by atoms with E-state index in [4.69, 9.17) is 14.0 Å². The van der Waals surface area contributed by atoms with Crippen molar-refractivity contribution >= 4 is 13.2 Å². The quantitative estimate of drug-likeness (QED) is 0.756. The minimum Gasteiger partial charge on any atom is -0.486 e. The number of hydrogen-bond acceptors (Lipinski definition) is 4. The number of alkyl halides is 2. The summed E-state index contributed by atoms with van der Waals surface area (Å²) in [5.74, 6) is -2.83. The van der Waals surface area contributed by atoms with E-state index in [1.165, 1.54) is 24.5 Å². The number of ether oxygens (including phenoxy) is 1. The van der Waals surface area contributed by atoms with Gasteiger partial charge in [-0.05, 0) is 45.4 Å². The van der Waals surface area contributed by atoms with E-state index in [1.54, 1.807) is 0 Å². The maximum Gasteiger partial charge on any atom is 0.525 e. The van der Waals surface area contributed by atoms with Crippen molar-refractivity contribution in [3.8, 4) is 5.75 Å². The second-order valence-corrected chi connectivity index (χ2v) is 6.93. The molecule has 0 aromatic carbocycles. The van der Waals surface area contributed by atoms with Gasteiger partial charge in [-0.1, -0.05) is 0 Å². The van der Waals surface area contributed by atoms with Gasteiger partial charge < -0.3 is 14.0 Å². The SMILES string of the molecule is CC(F)(F)COc1cncc(C=C(F)B2OC(C)(C)C(C)(C)O2)c1. The zero-order valence-corrected chi connectivity index (χ0v) is 14.4. The predicted molar refractivity (Wildman–Crippen MR) is 85.5 cm³/mol. The van der Waals surface area contributed by atoms with Gasteiger partial charge in [-0.2, -0.15) is 0 Å². The van der Waals surface area contributed by atoms with Crippen molar-refractivity contribution in [3.63, 3.8) is 0 Å². The van der Waals surface area contributed by atoms with Crippen molar-refractivity contribution in [3.05, 3.63) is 29.7 Å². The average Bonchev–Trinajstić information content (AvgIpc) is 2.65. The molecule has 0 unspecified atom stereocenters. The van der Waals surface area contributed by atoms with Crippen molar-refractivity contribution in [2.75, 3.05) is 6.61 Å². The number of rotatable bonds is 5. The highest BCUT2D eigenvalue weighted by molar-refractivity contribution is 6.54. The van der Waals surface area contributed by atoms with Crippen LogP contribution in [-0.2, 0) is 9.31 Å². The summed E-state index contributed by atoms with van der Waals surface area (Å²) in [4.78, 5) is 3.86. The van der Waals surface area contributed by atoms with E-state index in [0.717, 1.165) is 6.92 Å². The van der Waals surface area contributed by atoms with Gasteiger partial charge in [-0.15, -0.1) is 0 Å². The molecule has 0 spiro atoms. The number of pyridine rings is 1. The first-order chi connectivity index (χ1) is 10.9. The molecule has 0 atom stereocenters. The Kier molecular flexibility index (Phi) is 5.02. The number of nitrogens with zero attached hydrogens (tertiary/aromatic N) is 1. The Morgan fingerprint density at radius 1 is 1.25 bits per heavy atom. The first-order valence-corrected chi connectivity index (χ1v) is 7.58. The first kappa shape index (κ1) is 18.8. The monoisotopic (exact) mass is 343 g/mol. The van der Waals surface area contributed by atoms with Crippen molar-refractivity contribution in [1.82, 2.24) is 4.98 Å². The summed E-state index contributed by atoms with van der Waals surface area (Å²) in [5.41, 5.74) is -1.58. The summed E-state index contributed by atoms with van der Waals surface area (Å²) in [6, 6.07) is 1.42. The highest BCUT2D eigenvalue weighted by Crippen LogP contribution is 2.39. The third-order valence-electron chi connectivity index (χ3n) is 4.01. The molecule has 132 valence electrons. The van der Waals surface area contributed by atoms with Gasteiger partial charge in [-0.3, -0.25) is 4.98 Å². The van der Waals surface area contributed by atoms with Crippen LogP contribution in [0.25, 0.3) is 6.08 Å². The number of halogens is 3. The highest BCUT2D eigenvalue weighted by atomic mass is 19.3. The molecule has 0 saturated carbocycles. The Labute approximate surface area is 140 Å². The van der Waals surface area contributed by atoms with E-state index in [1.807, 2.05) is 27.7 Å². The standard InChI is InChI=1S/C16H21BF3NO3/c1-14(2)15(3,4)24-17(23-14)13(18)7-11-6-12(9-21-8-11)22-10-16(5,19)20/h6-9H,10H2,1-5H3. The molecule has 0 amide bonds. The minimum atomic E-state index is -2.96. The molecule has 2 heterocycles. The molecule has 24 heavy (non-hydrogen) atoms. The van der Waals surface area contributed by atoms with Crippen LogP contribution in [0.4, 0.5) is 13.2 Å². The van der Waals surface area contributed by atoms with Gasteiger partial charge in [0, 0.05) is 13.1 Å². The zero-order valence-electron chi connectivity index (χ0n) is 14.4. The van der Waals surface area contributed by atoms with Crippen LogP contribution in [0.15, 0.2) is 24.2 Å². The lowest BCUT2D eigenvalue weighted by Gasteiger charge is -2.32. The maximum atomic E-state index is 14.4. The number of aromatic nitrogens is 1. The molecule has 1 aliphatic rings. The molecule has 1 aromatic rings. The molecule has 0 bridgehead atoms. The minimum absolute atomic E-state index is 0.131. The van der Waals surface area contributed by atoms with Crippen LogP contribution in [0.5, 0.6) is 5.75 Å². The summed E-state index contributed by atoms with van der Waals surface area (Å²) in [6.07, 6.45) is 3.86. The lowest BCUT2D eigenvalue weighted by Crippen LogP contribution is -2.41. The molecule has 1 aliphatic heterocycles. The number of hydrogen-bond donors (Lipinski definition) is 0. The fourth-order valence-electron chi connectivity index (χ4n) is 1.99. The second kappa shape index (κ2) is 6.40. The molecule has 1 saturated heterocycles. The van der Waals surface area contributed by atoms with E-state index in [0.29, 0.717) is 5.56 Å². The van der Waals surface area contributed by atoms with Crippen LogP contribution in [0.1, 0.15) is 40.2 Å². The molecular formula is C16H21BF3NO3. The lowest BCUT2D eigenvalue weighted by molar-refractivity contribution is -0.0230. The van der Waals surface area contributed by atoms with Gasteiger partial charge in [0.1, 0.15) is 11.5 Å². The van der Waals surface area contributed by atoms with E-state index in [-0.39, 0.29) is 5.75 Å². The third kappa shape index (κ3) is 4.51. The summed E-state index contributed by atoms with van der Waals surface area (Å²) in [7, 11) is -1.13. The van der Waals surface area contributed by atoms with Crippen molar-refractivity contribution in [2.45, 2.75) is 51.7 Å². The van der Waals surface area contributed by atoms with Crippen LogP contribution in [0.3, 0.4) is 0 Å². The van der Waals surface area contributed by atoms with Crippen LogP contribution >= 0.6 is 0 Å². The van der Waals surface area contributed by atoms with Crippen molar-refractivity contribution in [1.29, 1.82) is 0 Å². The first-order valence-electron chi connectivity index (χ1n) is 7.58. The fraction of sp³-hybridized carbons (Fsp3) is 0.562. The molecule has 4 nitrogen and oxygen atoms in total. The Balaban J connectivity index is 2.11. The molecular weight excluding hydrogens is 322 g/mol.